The Morgan fingerprint density at radius 3 is 2.65 bits per heavy atom. The Kier molecular flexibility index (Phi) is 4.39. The molecule has 0 aliphatic rings. The van der Waals surface area contributed by atoms with Gasteiger partial charge in [-0.15, -0.1) is 0 Å². The summed E-state index contributed by atoms with van der Waals surface area (Å²) >= 11 is -2.27. The molecule has 0 spiro atoms. The first kappa shape index (κ1) is 14.9. The van der Waals surface area contributed by atoms with E-state index in [0.717, 1.165) is 0 Å². The fraction of sp³-hybridized carbons (Fsp3) is 0.385. The van der Waals surface area contributed by atoms with Crippen LogP contribution >= 0.6 is 0 Å². The summed E-state index contributed by atoms with van der Waals surface area (Å²) in [6.07, 6.45) is -1.39. The predicted molar refractivity (Wildman–Crippen MR) is 72.7 cm³/mol. The molecule has 110 valence electrons. The molecular weight excluding hydrogens is 288 g/mol. The average Bonchev–Trinajstić information content (AvgIpc) is 2.68. The molecule has 1 aromatic carbocycles. The summed E-state index contributed by atoms with van der Waals surface area (Å²) in [5.74, 6) is 0.419. The molecule has 0 radical (unpaired) electrons. The first-order valence-corrected chi connectivity index (χ1v) is 7.18. The summed E-state index contributed by atoms with van der Waals surface area (Å²) in [6.45, 7) is 3.12. The molecule has 7 heteroatoms. The van der Waals surface area contributed by atoms with E-state index in [1.807, 2.05) is 13.8 Å². The van der Waals surface area contributed by atoms with Crippen molar-refractivity contribution in [1.82, 2.24) is 4.57 Å². The van der Waals surface area contributed by atoms with Gasteiger partial charge in [0.25, 0.3) is 6.43 Å². The maximum atomic E-state index is 12.6. The molecule has 0 fully saturated rings. The number of nitrogens with zero attached hydrogens (tertiary/aromatic N) is 1. The molecule has 1 aromatic heterocycles. The number of benzene rings is 1. The average molecular weight is 303 g/mol. The third-order valence-electron chi connectivity index (χ3n) is 2.72. The van der Waals surface area contributed by atoms with Crippen molar-refractivity contribution >= 4 is 22.0 Å². The molecule has 0 bridgehead atoms. The standard InChI is InChI=1S/C13H15F2NO3S/c1-8(2)19-10-5-3-4-9-13(10)11(20(17)18)6-16(9)7-12(14)15/h3-6,8,12H,7H2,1-2H3,(H,17,18). The van der Waals surface area contributed by atoms with Crippen LogP contribution in [0.15, 0.2) is 29.3 Å². The lowest BCUT2D eigenvalue weighted by atomic mass is 10.2. The highest BCUT2D eigenvalue weighted by atomic mass is 32.2. The molecule has 20 heavy (non-hydrogen) atoms. The van der Waals surface area contributed by atoms with Gasteiger partial charge in [0.1, 0.15) is 5.75 Å². The molecule has 0 amide bonds. The molecule has 0 aliphatic heterocycles. The van der Waals surface area contributed by atoms with Crippen LogP contribution in [0.2, 0.25) is 0 Å². The van der Waals surface area contributed by atoms with Crippen LogP contribution in [-0.2, 0) is 17.6 Å². The molecule has 1 atom stereocenters. The molecule has 1 unspecified atom stereocenters. The Balaban J connectivity index is 2.65. The molecule has 0 saturated heterocycles. The molecular formula is C13H15F2NO3S. The third-order valence-corrected chi connectivity index (χ3v) is 3.40. The van der Waals surface area contributed by atoms with Crippen LogP contribution in [0.3, 0.4) is 0 Å². The number of hydrogen-bond acceptors (Lipinski definition) is 2. The highest BCUT2D eigenvalue weighted by molar-refractivity contribution is 7.79. The Morgan fingerprint density at radius 2 is 2.10 bits per heavy atom. The minimum absolute atomic E-state index is 0.0805. The topological polar surface area (TPSA) is 51.5 Å². The van der Waals surface area contributed by atoms with Crippen molar-refractivity contribution in [3.05, 3.63) is 24.4 Å². The molecule has 0 aliphatic carbocycles. The fourth-order valence-electron chi connectivity index (χ4n) is 2.07. The van der Waals surface area contributed by atoms with Crippen molar-refractivity contribution in [2.75, 3.05) is 0 Å². The molecule has 1 N–H and O–H groups in total. The number of aromatic nitrogens is 1. The van der Waals surface area contributed by atoms with Crippen LogP contribution in [0, 0.1) is 0 Å². The van der Waals surface area contributed by atoms with Gasteiger partial charge >= 0.3 is 0 Å². The summed E-state index contributed by atoms with van der Waals surface area (Å²) in [5, 5.41) is 0.405. The normalized spacial score (nSPS) is 13.3. The zero-order chi connectivity index (χ0) is 14.9. The zero-order valence-corrected chi connectivity index (χ0v) is 11.9. The summed E-state index contributed by atoms with van der Waals surface area (Å²) in [5.41, 5.74) is 0.459. The first-order chi connectivity index (χ1) is 9.40. The Labute approximate surface area is 117 Å². The van der Waals surface area contributed by atoms with E-state index in [0.29, 0.717) is 16.7 Å². The van der Waals surface area contributed by atoms with Crippen molar-refractivity contribution in [3.8, 4) is 5.75 Å². The summed E-state index contributed by atoms with van der Waals surface area (Å²) < 4.78 is 52.8. The lowest BCUT2D eigenvalue weighted by Crippen LogP contribution is -2.06. The highest BCUT2D eigenvalue weighted by Gasteiger charge is 2.19. The van der Waals surface area contributed by atoms with Gasteiger partial charge < -0.3 is 13.9 Å². The van der Waals surface area contributed by atoms with Gasteiger partial charge in [-0.05, 0) is 26.0 Å². The number of rotatable bonds is 5. The van der Waals surface area contributed by atoms with Crippen LogP contribution in [0.4, 0.5) is 8.78 Å². The second-order valence-electron chi connectivity index (χ2n) is 4.60. The van der Waals surface area contributed by atoms with Crippen molar-refractivity contribution in [3.63, 3.8) is 0 Å². The van der Waals surface area contributed by atoms with Gasteiger partial charge in [-0.1, -0.05) is 6.07 Å². The van der Waals surface area contributed by atoms with Crippen molar-refractivity contribution in [2.24, 2.45) is 0 Å². The fourth-order valence-corrected chi connectivity index (χ4v) is 2.66. The lowest BCUT2D eigenvalue weighted by Gasteiger charge is -2.12. The van der Waals surface area contributed by atoms with Gasteiger partial charge in [0.05, 0.1) is 28.4 Å². The smallest absolute Gasteiger partial charge is 0.256 e. The van der Waals surface area contributed by atoms with E-state index in [-0.39, 0.29) is 11.0 Å². The first-order valence-electron chi connectivity index (χ1n) is 6.07. The van der Waals surface area contributed by atoms with Crippen LogP contribution in [0.1, 0.15) is 13.8 Å². The minimum Gasteiger partial charge on any atom is -0.490 e. The highest BCUT2D eigenvalue weighted by Crippen LogP contribution is 2.33. The lowest BCUT2D eigenvalue weighted by molar-refractivity contribution is 0.128. The van der Waals surface area contributed by atoms with Crippen LogP contribution in [-0.4, -0.2) is 25.9 Å². The Hall–Kier alpha value is -1.47. The van der Waals surface area contributed by atoms with Gasteiger partial charge in [0.15, 0.2) is 11.1 Å². The maximum Gasteiger partial charge on any atom is 0.256 e. The number of alkyl halides is 2. The Morgan fingerprint density at radius 1 is 1.40 bits per heavy atom. The van der Waals surface area contributed by atoms with Gasteiger partial charge in [-0.3, -0.25) is 0 Å². The molecule has 0 saturated carbocycles. The van der Waals surface area contributed by atoms with E-state index in [4.69, 9.17) is 4.74 Å². The molecule has 2 rings (SSSR count). The van der Waals surface area contributed by atoms with Gasteiger partial charge in [-0.2, -0.15) is 0 Å². The predicted octanol–water partition coefficient (Wildman–Crippen LogP) is 3.27. The van der Waals surface area contributed by atoms with Crippen LogP contribution in [0.5, 0.6) is 5.75 Å². The van der Waals surface area contributed by atoms with Crippen LogP contribution < -0.4 is 4.74 Å². The number of ether oxygens (including phenoxy) is 1. The van der Waals surface area contributed by atoms with Crippen molar-refractivity contribution in [2.45, 2.75) is 37.8 Å². The number of halogens is 2. The molecule has 4 nitrogen and oxygen atoms in total. The van der Waals surface area contributed by atoms with Gasteiger partial charge in [0, 0.05) is 6.20 Å². The van der Waals surface area contributed by atoms with Crippen molar-refractivity contribution in [1.29, 1.82) is 0 Å². The van der Waals surface area contributed by atoms with E-state index in [1.165, 1.54) is 10.8 Å². The largest absolute Gasteiger partial charge is 0.490 e. The summed E-state index contributed by atoms with van der Waals surface area (Å²) in [6, 6.07) is 4.96. The second kappa shape index (κ2) is 5.88. The minimum atomic E-state index is -2.54. The monoisotopic (exact) mass is 303 g/mol. The Bertz CT molecular complexity index is 640. The van der Waals surface area contributed by atoms with E-state index in [9.17, 15) is 17.5 Å². The maximum absolute atomic E-state index is 12.6. The van der Waals surface area contributed by atoms with Gasteiger partial charge in [-0.25, -0.2) is 13.0 Å². The third kappa shape index (κ3) is 2.99. The van der Waals surface area contributed by atoms with Gasteiger partial charge in [0.2, 0.25) is 0 Å². The summed E-state index contributed by atoms with van der Waals surface area (Å²) in [4.78, 5) is 0.0805. The van der Waals surface area contributed by atoms with E-state index >= 15 is 0 Å². The van der Waals surface area contributed by atoms with E-state index in [2.05, 4.69) is 0 Å². The molecule has 2 aromatic rings. The second-order valence-corrected chi connectivity index (χ2v) is 5.54. The number of hydrogen-bond donors (Lipinski definition) is 1. The summed E-state index contributed by atoms with van der Waals surface area (Å²) in [7, 11) is 0. The quantitative estimate of drug-likeness (QED) is 0.862. The number of fused-ring (bicyclic) bond motifs is 1. The van der Waals surface area contributed by atoms with E-state index < -0.39 is 24.1 Å². The molecule has 1 heterocycles. The van der Waals surface area contributed by atoms with Crippen molar-refractivity contribution < 1.29 is 22.3 Å². The SMILES string of the molecule is CC(C)Oc1cccc2c1c(S(=O)O)cn2CC(F)F. The van der Waals surface area contributed by atoms with E-state index in [1.54, 1.807) is 18.2 Å². The van der Waals surface area contributed by atoms with Crippen LogP contribution in [0.25, 0.3) is 10.9 Å². The zero-order valence-electron chi connectivity index (χ0n) is 11.0.